The molecule has 2 amide bonds. The lowest BCUT2D eigenvalue weighted by Crippen LogP contribution is -2.55. The Morgan fingerprint density at radius 2 is 1.82 bits per heavy atom. The predicted molar refractivity (Wildman–Crippen MR) is 133 cm³/mol. The first-order chi connectivity index (χ1) is 18.1. The summed E-state index contributed by atoms with van der Waals surface area (Å²) in [6, 6.07) is 3.00. The van der Waals surface area contributed by atoms with E-state index in [2.05, 4.69) is 10.3 Å². The highest BCUT2D eigenvalue weighted by atomic mass is 32.2. The molecule has 0 unspecified atom stereocenters. The van der Waals surface area contributed by atoms with Crippen LogP contribution in [0.15, 0.2) is 24.5 Å². The van der Waals surface area contributed by atoms with Gasteiger partial charge in [0, 0.05) is 57.7 Å². The van der Waals surface area contributed by atoms with E-state index in [1.54, 1.807) is 17.3 Å². The van der Waals surface area contributed by atoms with Crippen LogP contribution in [0.5, 0.6) is 0 Å². The van der Waals surface area contributed by atoms with Crippen LogP contribution in [-0.2, 0) is 35.6 Å². The number of aliphatic hydroxyl groups excluding tert-OH is 2. The number of aromatic nitrogens is 1. The molecular weight excluding hydrogens is 518 g/mol. The van der Waals surface area contributed by atoms with Crippen molar-refractivity contribution >= 4 is 21.8 Å². The highest BCUT2D eigenvalue weighted by Gasteiger charge is 2.46. The van der Waals surface area contributed by atoms with Crippen LogP contribution in [0.1, 0.15) is 18.4 Å². The third-order valence-electron chi connectivity index (χ3n) is 7.75. The molecule has 14 heteroatoms. The van der Waals surface area contributed by atoms with E-state index in [-0.39, 0.29) is 50.5 Å². The van der Waals surface area contributed by atoms with Crippen LogP contribution in [0.3, 0.4) is 0 Å². The summed E-state index contributed by atoms with van der Waals surface area (Å²) in [4.78, 5) is 34.5. The van der Waals surface area contributed by atoms with Crippen molar-refractivity contribution in [3.05, 3.63) is 30.1 Å². The first-order valence-corrected chi connectivity index (χ1v) is 14.7. The zero-order valence-electron chi connectivity index (χ0n) is 21.3. The molecule has 0 aliphatic carbocycles. The molecule has 4 aliphatic heterocycles. The average molecular weight is 554 g/mol. The third-order valence-corrected chi connectivity index (χ3v) is 8.98. The Morgan fingerprint density at radius 3 is 2.55 bits per heavy atom. The second-order valence-corrected chi connectivity index (χ2v) is 12.5. The van der Waals surface area contributed by atoms with E-state index in [0.717, 1.165) is 16.1 Å². The van der Waals surface area contributed by atoms with Crippen LogP contribution in [0.4, 0.5) is 0 Å². The second-order valence-electron chi connectivity index (χ2n) is 10.6. The maximum Gasteiger partial charge on any atom is 0.240 e. The number of sulfonamides is 1. The minimum absolute atomic E-state index is 0.0372. The van der Waals surface area contributed by atoms with E-state index < -0.39 is 46.6 Å². The Morgan fingerprint density at radius 1 is 1.08 bits per heavy atom. The van der Waals surface area contributed by atoms with Crippen molar-refractivity contribution in [2.45, 2.75) is 62.0 Å². The molecule has 5 heterocycles. The van der Waals surface area contributed by atoms with Crippen LogP contribution in [0, 0.1) is 0 Å². The number of morpholine rings is 1. The zero-order chi connectivity index (χ0) is 27.0. The van der Waals surface area contributed by atoms with Gasteiger partial charge < -0.3 is 29.9 Å². The minimum Gasteiger partial charge on any atom is -0.388 e. The van der Waals surface area contributed by atoms with Crippen molar-refractivity contribution in [1.82, 2.24) is 24.4 Å². The minimum atomic E-state index is -3.74. The Kier molecular flexibility index (Phi) is 8.01. The number of likely N-dealkylation sites (tertiary alicyclic amines) is 1. The van der Waals surface area contributed by atoms with Gasteiger partial charge in [-0.15, -0.1) is 0 Å². The Bertz CT molecular complexity index is 1120. The lowest BCUT2D eigenvalue weighted by molar-refractivity contribution is -0.144. The molecule has 4 fully saturated rings. The molecule has 4 aliphatic rings. The number of pyridine rings is 1. The highest BCUT2D eigenvalue weighted by molar-refractivity contribution is 7.88. The van der Waals surface area contributed by atoms with Gasteiger partial charge in [-0.05, 0) is 24.1 Å². The Hall–Kier alpha value is -2.20. The average Bonchev–Trinajstić information content (AvgIpc) is 3.38. The molecule has 1 aromatic rings. The Labute approximate surface area is 221 Å². The van der Waals surface area contributed by atoms with Crippen molar-refractivity contribution < 1.29 is 37.7 Å². The summed E-state index contributed by atoms with van der Waals surface area (Å²) < 4.78 is 38.0. The molecule has 13 nitrogen and oxygen atoms in total. The van der Waals surface area contributed by atoms with E-state index in [4.69, 9.17) is 9.47 Å². The monoisotopic (exact) mass is 553 g/mol. The smallest absolute Gasteiger partial charge is 0.240 e. The number of amides is 2. The van der Waals surface area contributed by atoms with Gasteiger partial charge in [0.25, 0.3) is 0 Å². The maximum atomic E-state index is 13.8. The fourth-order valence-electron chi connectivity index (χ4n) is 5.79. The van der Waals surface area contributed by atoms with E-state index in [1.807, 2.05) is 17.0 Å². The molecular formula is C24H35N5O8S. The van der Waals surface area contributed by atoms with Crippen LogP contribution >= 0.6 is 0 Å². The van der Waals surface area contributed by atoms with E-state index in [9.17, 15) is 28.2 Å². The number of carbonyl (C=O) groups excluding carboxylic acids is 2. The van der Waals surface area contributed by atoms with Crippen LogP contribution in [0.2, 0.25) is 0 Å². The van der Waals surface area contributed by atoms with E-state index >= 15 is 0 Å². The number of nitrogens with zero attached hydrogens (tertiary/aromatic N) is 4. The lowest BCUT2D eigenvalue weighted by Gasteiger charge is -2.38. The van der Waals surface area contributed by atoms with Gasteiger partial charge in [-0.2, -0.15) is 4.31 Å². The summed E-state index contributed by atoms with van der Waals surface area (Å²) in [5.41, 5.74) is 0.988. The molecule has 5 rings (SSSR count). The quantitative estimate of drug-likeness (QED) is 0.366. The number of hydrogen-bond donors (Lipinski definition) is 3. The summed E-state index contributed by atoms with van der Waals surface area (Å²) in [5.74, 6) is -0.460. The zero-order valence-corrected chi connectivity index (χ0v) is 22.1. The Balaban J connectivity index is 1.42. The molecule has 0 saturated carbocycles. The van der Waals surface area contributed by atoms with Gasteiger partial charge in [-0.3, -0.25) is 19.5 Å². The lowest BCUT2D eigenvalue weighted by atomic mass is 10.0. The number of ether oxygens (including phenoxy) is 2. The highest BCUT2D eigenvalue weighted by Crippen LogP contribution is 2.28. The van der Waals surface area contributed by atoms with Gasteiger partial charge in [0.1, 0.15) is 18.3 Å². The number of fused-ring (bicyclic) bond motifs is 6. The largest absolute Gasteiger partial charge is 0.388 e. The van der Waals surface area contributed by atoms with Gasteiger partial charge in [-0.25, -0.2) is 8.42 Å². The number of hydrogen-bond acceptors (Lipinski definition) is 10. The van der Waals surface area contributed by atoms with Gasteiger partial charge in [0.15, 0.2) is 0 Å². The first kappa shape index (κ1) is 27.4. The molecule has 1 aromatic heterocycles. The molecule has 3 N–H and O–H groups in total. The number of rotatable bonds is 3. The van der Waals surface area contributed by atoms with Crippen molar-refractivity contribution in [2.24, 2.45) is 0 Å². The topological polar surface area (TPSA) is 162 Å². The van der Waals surface area contributed by atoms with Crippen molar-refractivity contribution in [3.63, 3.8) is 0 Å². The summed E-state index contributed by atoms with van der Waals surface area (Å²) in [5, 5.41) is 24.1. The molecule has 38 heavy (non-hydrogen) atoms. The normalized spacial score (nSPS) is 35.9. The van der Waals surface area contributed by atoms with Gasteiger partial charge in [0.05, 0.1) is 37.5 Å². The molecule has 210 valence electrons. The van der Waals surface area contributed by atoms with Crippen molar-refractivity contribution in [1.29, 1.82) is 0 Å². The van der Waals surface area contributed by atoms with Crippen LogP contribution < -0.4 is 5.32 Å². The number of nitrogens with one attached hydrogen (secondary N) is 1. The summed E-state index contributed by atoms with van der Waals surface area (Å²) in [6.07, 6.45) is -0.631. The molecule has 6 bridgehead atoms. The van der Waals surface area contributed by atoms with Gasteiger partial charge in [-0.1, -0.05) is 0 Å². The summed E-state index contributed by atoms with van der Waals surface area (Å²) in [7, 11) is -3.74. The fourth-order valence-corrected chi connectivity index (χ4v) is 6.65. The van der Waals surface area contributed by atoms with Gasteiger partial charge in [0.2, 0.25) is 21.8 Å². The van der Waals surface area contributed by atoms with Crippen LogP contribution in [-0.4, -0.2) is 138 Å². The summed E-state index contributed by atoms with van der Waals surface area (Å²) in [6.45, 7) is 1.55. The summed E-state index contributed by atoms with van der Waals surface area (Å²) >= 11 is 0. The number of carbonyl (C=O) groups is 2. The van der Waals surface area contributed by atoms with Gasteiger partial charge >= 0.3 is 0 Å². The maximum absolute atomic E-state index is 13.8. The molecule has 4 saturated heterocycles. The third kappa shape index (κ3) is 6.01. The molecule has 0 spiro atoms. The second kappa shape index (κ2) is 11.1. The van der Waals surface area contributed by atoms with Crippen LogP contribution in [0.25, 0.3) is 0 Å². The predicted octanol–water partition coefficient (Wildman–Crippen LogP) is -2.48. The van der Waals surface area contributed by atoms with E-state index in [1.165, 1.54) is 0 Å². The SMILES string of the molecule is CS(=O)(=O)N1C[C@@H]2CN(CCO2)C(=O)[C@@H]2C[C@@H](CN2Cc2ccncc2)NC(=O)C[C@@H]2O[C@H](C1)[C@@H](O)[C@H]2O. The van der Waals surface area contributed by atoms with Crippen molar-refractivity contribution in [2.75, 3.05) is 45.6 Å². The standard InChI is InChI=1S/C24H35N5O8S/c1-38(34,35)29-13-17-12-27(6-7-36-17)24(33)18-8-16(11-28(18)10-15-2-4-25-5-3-15)26-21(30)9-19-22(31)23(32)20(14-29)37-19/h2-5,16-20,22-23,31-32H,6-14H2,1H3,(H,26,30)/t16-,17-,18-,19-,20+,22-,23+/m0/s1. The molecule has 7 atom stereocenters. The van der Waals surface area contributed by atoms with Crippen molar-refractivity contribution in [3.8, 4) is 0 Å². The van der Waals surface area contributed by atoms with E-state index in [0.29, 0.717) is 26.1 Å². The molecule has 0 radical (unpaired) electrons. The number of aliphatic hydroxyl groups is 2. The first-order valence-electron chi connectivity index (χ1n) is 12.9. The fraction of sp³-hybridized carbons (Fsp3) is 0.708. The molecule has 0 aromatic carbocycles.